The molecular formula is C11H17NO2. The number of hydrogen-bond acceptors (Lipinski definition) is 2. The van der Waals surface area contributed by atoms with Gasteiger partial charge < -0.3 is 10.1 Å². The van der Waals surface area contributed by atoms with Crippen LogP contribution in [0, 0.1) is 12.3 Å². The van der Waals surface area contributed by atoms with Gasteiger partial charge in [-0.3, -0.25) is 4.79 Å². The first-order valence-corrected chi connectivity index (χ1v) is 4.95. The third-order valence-electron chi connectivity index (χ3n) is 1.86. The summed E-state index contributed by atoms with van der Waals surface area (Å²) in [6, 6.07) is 0. The van der Waals surface area contributed by atoms with Crippen molar-refractivity contribution in [3.63, 3.8) is 0 Å². The van der Waals surface area contributed by atoms with Crippen LogP contribution < -0.4 is 5.32 Å². The maximum absolute atomic E-state index is 11.0. The number of hydrogen-bond donors (Lipinski definition) is 1. The Balaban J connectivity index is 3.15. The number of amides is 1. The molecule has 0 aromatic heterocycles. The molecule has 14 heavy (non-hydrogen) atoms. The summed E-state index contributed by atoms with van der Waals surface area (Å²) >= 11 is 0. The molecule has 0 aliphatic heterocycles. The predicted octanol–water partition coefficient (Wildman–Crippen LogP) is 1.28. The van der Waals surface area contributed by atoms with Crippen LogP contribution in [0.15, 0.2) is 0 Å². The summed E-state index contributed by atoms with van der Waals surface area (Å²) in [6.45, 7) is 0.309. The van der Waals surface area contributed by atoms with Crippen molar-refractivity contribution in [1.82, 2.24) is 5.32 Å². The molecule has 1 amide bonds. The van der Waals surface area contributed by atoms with E-state index in [1.807, 2.05) is 0 Å². The highest BCUT2D eigenvalue weighted by molar-refractivity contribution is 5.76. The Kier molecular flexibility index (Phi) is 8.88. The van der Waals surface area contributed by atoms with Gasteiger partial charge in [0.2, 0.25) is 5.91 Å². The van der Waals surface area contributed by atoms with Gasteiger partial charge in [-0.1, -0.05) is 18.8 Å². The van der Waals surface area contributed by atoms with Crippen LogP contribution in [-0.2, 0) is 9.59 Å². The zero-order chi connectivity index (χ0) is 10.6. The standard InChI is InChI=1S/C11H17NO2/c1-2-9-12-11(14)8-6-4-3-5-7-10-13/h1,10H,3-9H2,(H,12,14). The average molecular weight is 195 g/mol. The number of terminal acetylenes is 1. The molecule has 0 fully saturated rings. The van der Waals surface area contributed by atoms with Crippen molar-refractivity contribution in [1.29, 1.82) is 0 Å². The molecule has 0 saturated heterocycles. The Bertz CT molecular complexity index is 206. The molecule has 0 rings (SSSR count). The third-order valence-corrected chi connectivity index (χ3v) is 1.86. The minimum absolute atomic E-state index is 0.0123. The lowest BCUT2D eigenvalue weighted by molar-refractivity contribution is -0.121. The fourth-order valence-electron chi connectivity index (χ4n) is 1.10. The fourth-order valence-corrected chi connectivity index (χ4v) is 1.10. The summed E-state index contributed by atoms with van der Waals surface area (Å²) < 4.78 is 0. The number of carbonyl (C=O) groups excluding carboxylic acids is 2. The van der Waals surface area contributed by atoms with Gasteiger partial charge >= 0.3 is 0 Å². The lowest BCUT2D eigenvalue weighted by atomic mass is 10.1. The molecule has 0 aromatic rings. The second-order valence-corrected chi connectivity index (χ2v) is 3.10. The molecule has 0 aliphatic carbocycles. The monoisotopic (exact) mass is 195 g/mol. The van der Waals surface area contributed by atoms with Gasteiger partial charge in [-0.2, -0.15) is 0 Å². The number of aldehydes is 1. The lowest BCUT2D eigenvalue weighted by Gasteiger charge is -2.00. The zero-order valence-corrected chi connectivity index (χ0v) is 8.42. The summed E-state index contributed by atoms with van der Waals surface area (Å²) in [7, 11) is 0. The second kappa shape index (κ2) is 9.79. The topological polar surface area (TPSA) is 46.2 Å². The minimum Gasteiger partial charge on any atom is -0.345 e. The normalized spacial score (nSPS) is 9.07. The van der Waals surface area contributed by atoms with Crippen molar-refractivity contribution in [3.8, 4) is 12.3 Å². The Morgan fingerprint density at radius 3 is 2.64 bits per heavy atom. The zero-order valence-electron chi connectivity index (χ0n) is 8.42. The number of unbranched alkanes of at least 4 members (excludes halogenated alkanes) is 4. The lowest BCUT2D eigenvalue weighted by Crippen LogP contribution is -2.22. The highest BCUT2D eigenvalue weighted by Crippen LogP contribution is 2.03. The summed E-state index contributed by atoms with van der Waals surface area (Å²) in [5.74, 6) is 2.36. The molecule has 1 N–H and O–H groups in total. The first kappa shape index (κ1) is 12.7. The van der Waals surface area contributed by atoms with Crippen LogP contribution in [-0.4, -0.2) is 18.7 Å². The quantitative estimate of drug-likeness (QED) is 0.360. The maximum Gasteiger partial charge on any atom is 0.220 e. The molecular weight excluding hydrogens is 178 g/mol. The second-order valence-electron chi connectivity index (χ2n) is 3.10. The molecule has 0 heterocycles. The molecule has 0 aliphatic rings. The highest BCUT2D eigenvalue weighted by Gasteiger charge is 1.98. The first-order chi connectivity index (χ1) is 6.81. The molecule has 0 saturated carbocycles. The predicted molar refractivity (Wildman–Crippen MR) is 55.6 cm³/mol. The molecule has 0 spiro atoms. The molecule has 3 nitrogen and oxygen atoms in total. The number of carbonyl (C=O) groups is 2. The summed E-state index contributed by atoms with van der Waals surface area (Å²) in [4.78, 5) is 21.0. The summed E-state index contributed by atoms with van der Waals surface area (Å²) in [5.41, 5.74) is 0. The van der Waals surface area contributed by atoms with Crippen molar-refractivity contribution in [2.75, 3.05) is 6.54 Å². The van der Waals surface area contributed by atoms with E-state index < -0.39 is 0 Å². The fraction of sp³-hybridized carbons (Fsp3) is 0.636. The largest absolute Gasteiger partial charge is 0.345 e. The third kappa shape index (κ3) is 8.79. The van der Waals surface area contributed by atoms with Crippen molar-refractivity contribution in [2.24, 2.45) is 0 Å². The molecule has 0 atom stereocenters. The van der Waals surface area contributed by atoms with Crippen molar-refractivity contribution in [2.45, 2.75) is 38.5 Å². The minimum atomic E-state index is 0.0123. The van der Waals surface area contributed by atoms with Crippen molar-refractivity contribution >= 4 is 12.2 Å². The van der Waals surface area contributed by atoms with Gasteiger partial charge in [0, 0.05) is 12.8 Å². The number of rotatable bonds is 8. The van der Waals surface area contributed by atoms with Crippen LogP contribution >= 0.6 is 0 Å². The van der Waals surface area contributed by atoms with E-state index in [1.165, 1.54) is 0 Å². The average Bonchev–Trinajstić information content (AvgIpc) is 2.20. The molecule has 0 bridgehead atoms. The van der Waals surface area contributed by atoms with Crippen LogP contribution in [0.2, 0.25) is 0 Å². The molecule has 0 unspecified atom stereocenters. The first-order valence-electron chi connectivity index (χ1n) is 4.95. The highest BCUT2D eigenvalue weighted by atomic mass is 16.1. The van der Waals surface area contributed by atoms with Crippen LogP contribution in [0.1, 0.15) is 38.5 Å². The summed E-state index contributed by atoms with van der Waals surface area (Å²) in [5, 5.41) is 2.60. The van der Waals surface area contributed by atoms with Crippen LogP contribution in [0.5, 0.6) is 0 Å². The van der Waals surface area contributed by atoms with Crippen LogP contribution in [0.4, 0.5) is 0 Å². The Morgan fingerprint density at radius 2 is 2.00 bits per heavy atom. The van der Waals surface area contributed by atoms with Gasteiger partial charge in [0.05, 0.1) is 6.54 Å². The van der Waals surface area contributed by atoms with E-state index in [9.17, 15) is 9.59 Å². The van der Waals surface area contributed by atoms with Gasteiger partial charge in [-0.15, -0.1) is 6.42 Å². The molecule has 0 radical (unpaired) electrons. The van der Waals surface area contributed by atoms with E-state index in [2.05, 4.69) is 11.2 Å². The van der Waals surface area contributed by atoms with Gasteiger partial charge in [0.15, 0.2) is 0 Å². The Hall–Kier alpha value is -1.30. The van der Waals surface area contributed by atoms with E-state index in [4.69, 9.17) is 6.42 Å². The molecule has 78 valence electrons. The van der Waals surface area contributed by atoms with Gasteiger partial charge in [0.1, 0.15) is 6.29 Å². The van der Waals surface area contributed by atoms with E-state index in [1.54, 1.807) is 0 Å². The summed E-state index contributed by atoms with van der Waals surface area (Å²) in [6.07, 6.45) is 10.9. The Morgan fingerprint density at radius 1 is 1.29 bits per heavy atom. The Labute approximate surface area is 85.3 Å². The van der Waals surface area contributed by atoms with E-state index in [0.717, 1.165) is 32.0 Å². The van der Waals surface area contributed by atoms with Crippen molar-refractivity contribution in [3.05, 3.63) is 0 Å². The SMILES string of the molecule is C#CCNC(=O)CCCCCCC=O. The van der Waals surface area contributed by atoms with E-state index in [-0.39, 0.29) is 5.91 Å². The van der Waals surface area contributed by atoms with Crippen molar-refractivity contribution < 1.29 is 9.59 Å². The van der Waals surface area contributed by atoms with Crippen LogP contribution in [0.25, 0.3) is 0 Å². The maximum atomic E-state index is 11.0. The van der Waals surface area contributed by atoms with E-state index >= 15 is 0 Å². The smallest absolute Gasteiger partial charge is 0.220 e. The molecule has 3 heteroatoms. The van der Waals surface area contributed by atoms with Gasteiger partial charge in [0.25, 0.3) is 0 Å². The number of nitrogens with one attached hydrogen (secondary N) is 1. The van der Waals surface area contributed by atoms with Crippen LogP contribution in [0.3, 0.4) is 0 Å². The molecule has 0 aromatic carbocycles. The van der Waals surface area contributed by atoms with Gasteiger partial charge in [-0.05, 0) is 12.8 Å². The van der Waals surface area contributed by atoms with E-state index in [0.29, 0.717) is 19.4 Å². The van der Waals surface area contributed by atoms with Gasteiger partial charge in [-0.25, -0.2) is 0 Å².